The van der Waals surface area contributed by atoms with E-state index < -0.39 is 30.1 Å². The Morgan fingerprint density at radius 1 is 0.968 bits per heavy atom. The molecule has 166 valence electrons. The van der Waals surface area contributed by atoms with Crippen molar-refractivity contribution in [1.29, 1.82) is 0 Å². The third-order valence-corrected chi connectivity index (χ3v) is 4.97. The van der Waals surface area contributed by atoms with Gasteiger partial charge in [-0.15, -0.1) is 0 Å². The van der Waals surface area contributed by atoms with Crippen molar-refractivity contribution in [2.75, 3.05) is 0 Å². The highest BCUT2D eigenvalue weighted by Gasteiger charge is 2.30. The van der Waals surface area contributed by atoms with E-state index >= 15 is 0 Å². The SMILES string of the molecule is CCC(C)C(NC(=O)OCc1ccccc1)C(=O)NC(Cc1ccc(O)cc1)C(=O)O. The maximum absolute atomic E-state index is 12.8. The van der Waals surface area contributed by atoms with E-state index in [0.29, 0.717) is 12.0 Å². The summed E-state index contributed by atoms with van der Waals surface area (Å²) in [7, 11) is 0. The van der Waals surface area contributed by atoms with Crippen LogP contribution in [0.25, 0.3) is 0 Å². The van der Waals surface area contributed by atoms with Gasteiger partial charge >= 0.3 is 12.1 Å². The van der Waals surface area contributed by atoms with Crippen molar-refractivity contribution in [3.05, 3.63) is 65.7 Å². The zero-order valence-electron chi connectivity index (χ0n) is 17.6. The van der Waals surface area contributed by atoms with Crippen LogP contribution in [0.4, 0.5) is 4.79 Å². The van der Waals surface area contributed by atoms with Crippen LogP contribution in [0.3, 0.4) is 0 Å². The van der Waals surface area contributed by atoms with Gasteiger partial charge in [-0.1, -0.05) is 62.7 Å². The van der Waals surface area contributed by atoms with Crippen LogP contribution in [0.15, 0.2) is 54.6 Å². The van der Waals surface area contributed by atoms with Gasteiger partial charge in [0, 0.05) is 6.42 Å². The fraction of sp³-hybridized carbons (Fsp3) is 0.348. The van der Waals surface area contributed by atoms with Crippen LogP contribution in [0.5, 0.6) is 5.75 Å². The first-order valence-corrected chi connectivity index (χ1v) is 10.1. The Morgan fingerprint density at radius 2 is 1.61 bits per heavy atom. The molecule has 0 radical (unpaired) electrons. The number of amides is 2. The minimum absolute atomic E-state index is 0.0348. The fourth-order valence-corrected chi connectivity index (χ4v) is 2.92. The molecule has 0 aliphatic carbocycles. The number of benzene rings is 2. The largest absolute Gasteiger partial charge is 0.508 e. The monoisotopic (exact) mass is 428 g/mol. The van der Waals surface area contributed by atoms with E-state index in [1.807, 2.05) is 37.3 Å². The molecule has 8 heteroatoms. The lowest BCUT2D eigenvalue weighted by atomic mass is 9.97. The number of carboxylic acids is 1. The molecule has 2 amide bonds. The summed E-state index contributed by atoms with van der Waals surface area (Å²) in [4.78, 5) is 36.7. The number of hydrogen-bond donors (Lipinski definition) is 4. The van der Waals surface area contributed by atoms with Gasteiger partial charge in [-0.3, -0.25) is 4.79 Å². The lowest BCUT2D eigenvalue weighted by molar-refractivity contribution is -0.142. The summed E-state index contributed by atoms with van der Waals surface area (Å²) in [5, 5.41) is 24.0. The van der Waals surface area contributed by atoms with E-state index in [2.05, 4.69) is 10.6 Å². The van der Waals surface area contributed by atoms with Crippen LogP contribution in [0.2, 0.25) is 0 Å². The number of aliphatic carboxylic acids is 1. The van der Waals surface area contributed by atoms with Gasteiger partial charge in [0.1, 0.15) is 24.4 Å². The first-order valence-electron chi connectivity index (χ1n) is 10.1. The quantitative estimate of drug-likeness (QED) is 0.461. The Hall–Kier alpha value is -3.55. The summed E-state index contributed by atoms with van der Waals surface area (Å²) >= 11 is 0. The summed E-state index contributed by atoms with van der Waals surface area (Å²) in [5.74, 6) is -1.98. The van der Waals surface area contributed by atoms with E-state index in [1.54, 1.807) is 19.1 Å². The maximum Gasteiger partial charge on any atom is 0.408 e. The summed E-state index contributed by atoms with van der Waals surface area (Å²) in [6.07, 6.45) is -0.130. The molecule has 31 heavy (non-hydrogen) atoms. The number of carboxylic acid groups (broad SMARTS) is 1. The maximum atomic E-state index is 12.8. The molecular weight excluding hydrogens is 400 g/mol. The molecular formula is C23H28N2O6. The highest BCUT2D eigenvalue weighted by atomic mass is 16.5. The molecule has 0 bridgehead atoms. The summed E-state index contributed by atoms with van der Waals surface area (Å²) in [6.45, 7) is 3.71. The van der Waals surface area contributed by atoms with Gasteiger partial charge in [-0.05, 0) is 29.2 Å². The second-order valence-electron chi connectivity index (χ2n) is 7.34. The molecule has 8 nitrogen and oxygen atoms in total. The summed E-state index contributed by atoms with van der Waals surface area (Å²) in [5.41, 5.74) is 1.45. The number of phenolic OH excluding ortho intramolecular Hbond substituents is 1. The van der Waals surface area contributed by atoms with Crippen molar-refractivity contribution in [2.24, 2.45) is 5.92 Å². The van der Waals surface area contributed by atoms with E-state index in [9.17, 15) is 24.6 Å². The molecule has 0 aliphatic rings. The van der Waals surface area contributed by atoms with Gasteiger partial charge in [0.05, 0.1) is 0 Å². The van der Waals surface area contributed by atoms with Crippen molar-refractivity contribution in [1.82, 2.24) is 10.6 Å². The van der Waals surface area contributed by atoms with Crippen molar-refractivity contribution in [3.63, 3.8) is 0 Å². The number of carbonyl (C=O) groups is 3. The predicted octanol–water partition coefficient (Wildman–Crippen LogP) is 2.85. The zero-order chi connectivity index (χ0) is 22.8. The highest BCUT2D eigenvalue weighted by molar-refractivity contribution is 5.89. The number of nitrogens with one attached hydrogen (secondary N) is 2. The van der Waals surface area contributed by atoms with Gasteiger partial charge < -0.3 is 25.6 Å². The second kappa shape index (κ2) is 11.6. The highest BCUT2D eigenvalue weighted by Crippen LogP contribution is 2.13. The first-order chi connectivity index (χ1) is 14.8. The number of ether oxygens (including phenoxy) is 1. The third kappa shape index (κ3) is 7.65. The topological polar surface area (TPSA) is 125 Å². The molecule has 0 aliphatic heterocycles. The van der Waals surface area contributed by atoms with Crippen LogP contribution in [-0.2, 0) is 27.4 Å². The number of hydrogen-bond acceptors (Lipinski definition) is 5. The second-order valence-corrected chi connectivity index (χ2v) is 7.34. The van der Waals surface area contributed by atoms with Crippen molar-refractivity contribution < 1.29 is 29.3 Å². The molecule has 0 aromatic heterocycles. The molecule has 2 aromatic rings. The lowest BCUT2D eigenvalue weighted by Gasteiger charge is -2.25. The molecule has 3 unspecified atom stereocenters. The Morgan fingerprint density at radius 3 is 2.19 bits per heavy atom. The smallest absolute Gasteiger partial charge is 0.408 e. The molecule has 3 atom stereocenters. The fourth-order valence-electron chi connectivity index (χ4n) is 2.92. The molecule has 2 aromatic carbocycles. The lowest BCUT2D eigenvalue weighted by Crippen LogP contribution is -2.54. The average Bonchev–Trinajstić information content (AvgIpc) is 2.77. The minimum atomic E-state index is -1.20. The van der Waals surface area contributed by atoms with Gasteiger partial charge in [-0.25, -0.2) is 9.59 Å². The van der Waals surface area contributed by atoms with Gasteiger partial charge in [-0.2, -0.15) is 0 Å². The van der Waals surface area contributed by atoms with E-state index in [-0.39, 0.29) is 24.7 Å². The minimum Gasteiger partial charge on any atom is -0.508 e. The van der Waals surface area contributed by atoms with Gasteiger partial charge in [0.15, 0.2) is 0 Å². The van der Waals surface area contributed by atoms with Crippen LogP contribution in [-0.4, -0.2) is 40.3 Å². The van der Waals surface area contributed by atoms with E-state index in [4.69, 9.17) is 4.74 Å². The molecule has 0 heterocycles. The summed E-state index contributed by atoms with van der Waals surface area (Å²) < 4.78 is 5.19. The number of alkyl carbamates (subject to hydrolysis) is 1. The Bertz CT molecular complexity index is 869. The molecule has 4 N–H and O–H groups in total. The molecule has 2 rings (SSSR count). The number of rotatable bonds is 10. The van der Waals surface area contributed by atoms with Gasteiger partial charge in [0.25, 0.3) is 0 Å². The van der Waals surface area contributed by atoms with Gasteiger partial charge in [0.2, 0.25) is 5.91 Å². The Labute approximate surface area is 181 Å². The molecule has 0 saturated carbocycles. The van der Waals surface area contributed by atoms with Crippen LogP contribution >= 0.6 is 0 Å². The van der Waals surface area contributed by atoms with E-state index in [0.717, 1.165) is 5.56 Å². The number of carbonyl (C=O) groups excluding carboxylic acids is 2. The normalized spacial score (nSPS) is 13.5. The standard InChI is InChI=1S/C23H28N2O6/c1-3-15(2)20(25-23(30)31-14-17-7-5-4-6-8-17)21(27)24-19(22(28)29)13-16-9-11-18(26)12-10-16/h4-12,15,19-20,26H,3,13-14H2,1-2H3,(H,24,27)(H,25,30)(H,28,29). The van der Waals surface area contributed by atoms with Crippen molar-refractivity contribution in [2.45, 2.75) is 45.4 Å². The average molecular weight is 428 g/mol. The third-order valence-electron chi connectivity index (χ3n) is 4.97. The Balaban J connectivity index is 2.01. The van der Waals surface area contributed by atoms with Crippen LogP contribution < -0.4 is 10.6 Å². The van der Waals surface area contributed by atoms with Crippen LogP contribution in [0.1, 0.15) is 31.4 Å². The molecule has 0 spiro atoms. The summed E-state index contributed by atoms with van der Waals surface area (Å²) in [6, 6.07) is 13.1. The zero-order valence-corrected chi connectivity index (χ0v) is 17.6. The van der Waals surface area contributed by atoms with Crippen molar-refractivity contribution >= 4 is 18.0 Å². The Kier molecular flexibility index (Phi) is 8.87. The molecule has 0 fully saturated rings. The van der Waals surface area contributed by atoms with E-state index in [1.165, 1.54) is 12.1 Å². The number of phenols is 1. The predicted molar refractivity (Wildman–Crippen MR) is 114 cm³/mol. The number of aromatic hydroxyl groups is 1. The van der Waals surface area contributed by atoms with Crippen molar-refractivity contribution in [3.8, 4) is 5.75 Å². The molecule has 0 saturated heterocycles. The first kappa shape index (κ1) is 23.7. The van der Waals surface area contributed by atoms with Crippen LogP contribution in [0, 0.1) is 5.92 Å².